The van der Waals surface area contributed by atoms with Crippen LogP contribution < -0.4 is 0 Å². The van der Waals surface area contributed by atoms with Crippen LogP contribution in [0.25, 0.3) is 0 Å². The van der Waals surface area contributed by atoms with Crippen LogP contribution in [0.15, 0.2) is 12.1 Å². The first-order valence-electron chi connectivity index (χ1n) is 8.61. The Morgan fingerprint density at radius 1 is 1.00 bits per heavy atom. The number of Topliss-reactive ketones (excluding diaryl/α,β-unsaturated/α-hetero) is 2. The summed E-state index contributed by atoms with van der Waals surface area (Å²) in [6.07, 6.45) is 6.46. The molecule has 0 radical (unpaired) electrons. The molecule has 0 spiro atoms. The van der Waals surface area contributed by atoms with Gasteiger partial charge in [-0.1, -0.05) is 43.4 Å². The molecule has 0 bridgehead atoms. The van der Waals surface area contributed by atoms with E-state index in [-0.39, 0.29) is 17.5 Å². The molecule has 22 heavy (non-hydrogen) atoms. The van der Waals surface area contributed by atoms with Gasteiger partial charge in [0.25, 0.3) is 0 Å². The number of hydrogen-bond acceptors (Lipinski definition) is 2. The minimum absolute atomic E-state index is 0.0271. The minimum Gasteiger partial charge on any atom is -0.298 e. The summed E-state index contributed by atoms with van der Waals surface area (Å²) in [7, 11) is 0. The highest BCUT2D eigenvalue weighted by Crippen LogP contribution is 2.41. The molecule has 0 aliphatic heterocycles. The van der Waals surface area contributed by atoms with Gasteiger partial charge >= 0.3 is 0 Å². The number of aryl methyl sites for hydroxylation is 3. The quantitative estimate of drug-likeness (QED) is 0.773. The van der Waals surface area contributed by atoms with E-state index >= 15 is 0 Å². The third kappa shape index (κ3) is 2.76. The maximum Gasteiger partial charge on any atom is 0.151 e. The van der Waals surface area contributed by atoms with E-state index in [1.807, 2.05) is 13.8 Å². The van der Waals surface area contributed by atoms with Gasteiger partial charge in [-0.2, -0.15) is 0 Å². The zero-order chi connectivity index (χ0) is 15.9. The van der Waals surface area contributed by atoms with Crippen LogP contribution in [0, 0.1) is 32.6 Å². The van der Waals surface area contributed by atoms with Crippen LogP contribution in [-0.2, 0) is 9.59 Å². The zero-order valence-electron chi connectivity index (χ0n) is 13.9. The number of carbonyl (C=O) groups is 2. The molecule has 0 aromatic heterocycles. The minimum atomic E-state index is -0.494. The molecule has 2 fully saturated rings. The molecule has 2 nitrogen and oxygen atoms in total. The van der Waals surface area contributed by atoms with Gasteiger partial charge in [0, 0.05) is 12.3 Å². The fourth-order valence-electron chi connectivity index (χ4n) is 4.65. The van der Waals surface area contributed by atoms with E-state index in [4.69, 9.17) is 0 Å². The number of benzene rings is 1. The van der Waals surface area contributed by atoms with Crippen molar-refractivity contribution in [2.24, 2.45) is 11.8 Å². The Bertz CT molecular complexity index is 585. The summed E-state index contributed by atoms with van der Waals surface area (Å²) in [6, 6.07) is 4.18. The van der Waals surface area contributed by atoms with Crippen LogP contribution in [0.2, 0.25) is 0 Å². The predicted octanol–water partition coefficient (Wildman–Crippen LogP) is 4.43. The fraction of sp³-hybridized carbons (Fsp3) is 0.600. The second-order valence-corrected chi connectivity index (χ2v) is 7.40. The molecule has 0 heterocycles. The van der Waals surface area contributed by atoms with Crippen LogP contribution in [0.5, 0.6) is 0 Å². The van der Waals surface area contributed by atoms with Crippen LogP contribution in [-0.4, -0.2) is 11.6 Å². The summed E-state index contributed by atoms with van der Waals surface area (Å²) in [6.45, 7) is 6.12. The van der Waals surface area contributed by atoms with Crippen molar-refractivity contribution in [3.63, 3.8) is 0 Å². The molecule has 2 unspecified atom stereocenters. The molecule has 0 N–H and O–H groups in total. The third-order valence-corrected chi connectivity index (χ3v) is 5.58. The molecule has 1 aromatic carbocycles. The van der Waals surface area contributed by atoms with Crippen molar-refractivity contribution in [2.45, 2.75) is 65.2 Å². The van der Waals surface area contributed by atoms with Gasteiger partial charge in [0.1, 0.15) is 11.7 Å². The Balaban J connectivity index is 1.85. The van der Waals surface area contributed by atoms with Crippen molar-refractivity contribution < 1.29 is 9.59 Å². The molecular formula is C20H26O2. The Labute approximate surface area is 133 Å². The van der Waals surface area contributed by atoms with Crippen LogP contribution in [0.4, 0.5) is 0 Å². The Kier molecular flexibility index (Phi) is 4.20. The van der Waals surface area contributed by atoms with Gasteiger partial charge in [-0.15, -0.1) is 0 Å². The van der Waals surface area contributed by atoms with E-state index in [1.165, 1.54) is 31.2 Å². The van der Waals surface area contributed by atoms with Gasteiger partial charge in [0.2, 0.25) is 0 Å². The molecule has 2 aliphatic carbocycles. The molecule has 1 aromatic rings. The normalized spacial score (nSPS) is 26.1. The van der Waals surface area contributed by atoms with Crippen LogP contribution in [0.3, 0.4) is 0 Å². The van der Waals surface area contributed by atoms with E-state index in [0.29, 0.717) is 12.3 Å². The van der Waals surface area contributed by atoms with Crippen molar-refractivity contribution in [1.29, 1.82) is 0 Å². The molecule has 0 amide bonds. The summed E-state index contributed by atoms with van der Waals surface area (Å²) >= 11 is 0. The number of hydrogen-bond donors (Lipinski definition) is 0. The van der Waals surface area contributed by atoms with Gasteiger partial charge in [-0.25, -0.2) is 0 Å². The lowest BCUT2D eigenvalue weighted by atomic mass is 9.85. The summed E-state index contributed by atoms with van der Waals surface area (Å²) in [4.78, 5) is 25.4. The molecule has 0 saturated heterocycles. The van der Waals surface area contributed by atoms with Crippen LogP contribution in [0.1, 0.15) is 66.7 Å². The van der Waals surface area contributed by atoms with E-state index in [9.17, 15) is 9.59 Å². The lowest BCUT2D eigenvalue weighted by Crippen LogP contribution is -2.19. The largest absolute Gasteiger partial charge is 0.298 e. The Morgan fingerprint density at radius 3 is 2.18 bits per heavy atom. The van der Waals surface area contributed by atoms with E-state index in [2.05, 4.69) is 19.1 Å². The highest BCUT2D eigenvalue weighted by Gasteiger charge is 2.43. The average molecular weight is 298 g/mol. The van der Waals surface area contributed by atoms with Crippen molar-refractivity contribution >= 4 is 11.6 Å². The second kappa shape index (κ2) is 5.98. The lowest BCUT2D eigenvalue weighted by molar-refractivity contribution is -0.125. The molecule has 3 rings (SSSR count). The fourth-order valence-corrected chi connectivity index (χ4v) is 4.65. The standard InChI is InChI=1S/C20H26O2/c1-12-8-13(2)18(14(3)9-12)19-17(21)11-16(20(19)22)10-15-6-4-5-7-15/h8-9,15-16,19H,4-7,10-11H2,1-3H3. The summed E-state index contributed by atoms with van der Waals surface area (Å²) in [5.74, 6) is 0.475. The SMILES string of the molecule is Cc1cc(C)c(C2C(=O)CC(CC3CCCC3)C2=O)c(C)c1. The zero-order valence-corrected chi connectivity index (χ0v) is 13.9. The molecule has 2 aliphatic rings. The average Bonchev–Trinajstić information content (AvgIpc) is 3.02. The molecule has 2 atom stereocenters. The highest BCUT2D eigenvalue weighted by molar-refractivity contribution is 6.14. The highest BCUT2D eigenvalue weighted by atomic mass is 16.2. The summed E-state index contributed by atoms with van der Waals surface area (Å²) in [5.41, 5.74) is 4.35. The van der Waals surface area contributed by atoms with E-state index < -0.39 is 5.92 Å². The van der Waals surface area contributed by atoms with Crippen molar-refractivity contribution in [3.8, 4) is 0 Å². The maximum atomic E-state index is 12.9. The third-order valence-electron chi connectivity index (χ3n) is 5.58. The van der Waals surface area contributed by atoms with Gasteiger partial charge in [0.05, 0.1) is 0 Å². The number of carbonyl (C=O) groups excluding carboxylic acids is 2. The monoisotopic (exact) mass is 298 g/mol. The Hall–Kier alpha value is -1.44. The smallest absolute Gasteiger partial charge is 0.151 e. The van der Waals surface area contributed by atoms with Gasteiger partial charge in [-0.3, -0.25) is 9.59 Å². The van der Waals surface area contributed by atoms with Crippen molar-refractivity contribution in [3.05, 3.63) is 34.4 Å². The summed E-state index contributed by atoms with van der Waals surface area (Å²) < 4.78 is 0. The molecule has 118 valence electrons. The van der Waals surface area contributed by atoms with Gasteiger partial charge < -0.3 is 0 Å². The van der Waals surface area contributed by atoms with Crippen molar-refractivity contribution in [2.75, 3.05) is 0 Å². The van der Waals surface area contributed by atoms with E-state index in [1.54, 1.807) is 0 Å². The first-order valence-corrected chi connectivity index (χ1v) is 8.61. The first kappa shape index (κ1) is 15.5. The second-order valence-electron chi connectivity index (χ2n) is 7.40. The maximum absolute atomic E-state index is 12.9. The van der Waals surface area contributed by atoms with Gasteiger partial charge in [-0.05, 0) is 49.8 Å². The van der Waals surface area contributed by atoms with Crippen LogP contribution >= 0.6 is 0 Å². The number of ketones is 2. The van der Waals surface area contributed by atoms with Crippen molar-refractivity contribution in [1.82, 2.24) is 0 Å². The first-order chi connectivity index (χ1) is 10.5. The van der Waals surface area contributed by atoms with E-state index in [0.717, 1.165) is 23.1 Å². The lowest BCUT2D eigenvalue weighted by Gasteiger charge is -2.17. The molecule has 2 heteroatoms. The molecular weight excluding hydrogens is 272 g/mol. The Morgan fingerprint density at radius 2 is 1.59 bits per heavy atom. The number of rotatable bonds is 3. The van der Waals surface area contributed by atoms with Gasteiger partial charge in [0.15, 0.2) is 5.78 Å². The summed E-state index contributed by atoms with van der Waals surface area (Å²) in [5, 5.41) is 0. The predicted molar refractivity (Wildman–Crippen MR) is 88.1 cm³/mol. The topological polar surface area (TPSA) is 34.1 Å². The molecule has 2 saturated carbocycles.